The fourth-order valence-corrected chi connectivity index (χ4v) is 1.81. The highest BCUT2D eigenvalue weighted by molar-refractivity contribution is 6.05. The molecule has 2 atom stereocenters. The minimum atomic E-state index is -1.05. The molecule has 92 valence electrons. The van der Waals surface area contributed by atoms with Crippen LogP contribution >= 0.6 is 0 Å². The molecule has 0 bridgehead atoms. The summed E-state index contributed by atoms with van der Waals surface area (Å²) in [6.45, 7) is 5.00. The number of imide groups is 1. The number of aliphatic hydroxyl groups is 2. The van der Waals surface area contributed by atoms with Crippen LogP contribution in [0.3, 0.4) is 0 Å². The van der Waals surface area contributed by atoms with E-state index in [0.717, 1.165) is 4.90 Å². The van der Waals surface area contributed by atoms with Gasteiger partial charge in [-0.25, -0.2) is 0 Å². The number of likely N-dealkylation sites (tertiary alicyclic amines) is 1. The Labute approximate surface area is 95.1 Å². The second-order valence-corrected chi connectivity index (χ2v) is 4.89. The first-order valence-corrected chi connectivity index (χ1v) is 5.46. The van der Waals surface area contributed by atoms with Gasteiger partial charge in [0.2, 0.25) is 11.8 Å². The Morgan fingerprint density at radius 1 is 1.44 bits per heavy atom. The van der Waals surface area contributed by atoms with E-state index in [2.05, 4.69) is 0 Å². The lowest BCUT2D eigenvalue weighted by molar-refractivity contribution is -0.143. The van der Waals surface area contributed by atoms with E-state index in [4.69, 9.17) is 5.11 Å². The summed E-state index contributed by atoms with van der Waals surface area (Å²) in [7, 11) is 0. The van der Waals surface area contributed by atoms with Gasteiger partial charge in [0.25, 0.3) is 0 Å². The molecule has 0 radical (unpaired) electrons. The van der Waals surface area contributed by atoms with Crippen LogP contribution in [0, 0.1) is 11.3 Å². The van der Waals surface area contributed by atoms with E-state index in [9.17, 15) is 14.7 Å². The summed E-state index contributed by atoms with van der Waals surface area (Å²) < 4.78 is 0. The molecule has 1 aliphatic heterocycles. The van der Waals surface area contributed by atoms with Gasteiger partial charge in [0.05, 0.1) is 24.7 Å². The van der Waals surface area contributed by atoms with Gasteiger partial charge in [-0.1, -0.05) is 13.8 Å². The Hall–Kier alpha value is -0.940. The standard InChI is InChI=1S/C11H19NO4/c1-7(2)11(3)4-9(15)12(10(11)16)5-8(14)6-13/h7-8,13-14H,4-6H2,1-3H3. The Morgan fingerprint density at radius 2 is 2.00 bits per heavy atom. The van der Waals surface area contributed by atoms with Crippen LogP contribution in [0.15, 0.2) is 0 Å². The average molecular weight is 229 g/mol. The number of nitrogens with zero attached hydrogens (tertiary/aromatic N) is 1. The lowest BCUT2D eigenvalue weighted by Gasteiger charge is -2.26. The fraction of sp³-hybridized carbons (Fsp3) is 0.818. The molecule has 0 aromatic heterocycles. The molecular formula is C11H19NO4. The van der Waals surface area contributed by atoms with E-state index < -0.39 is 18.1 Å². The van der Waals surface area contributed by atoms with Crippen LogP contribution in [-0.4, -0.2) is 46.2 Å². The van der Waals surface area contributed by atoms with E-state index in [-0.39, 0.29) is 30.7 Å². The van der Waals surface area contributed by atoms with Gasteiger partial charge in [-0.3, -0.25) is 14.5 Å². The highest BCUT2D eigenvalue weighted by Crippen LogP contribution is 2.39. The molecule has 0 aromatic carbocycles. The SMILES string of the molecule is CC(C)C1(C)CC(=O)N(CC(O)CO)C1=O. The van der Waals surface area contributed by atoms with Gasteiger partial charge in [-0.2, -0.15) is 0 Å². The van der Waals surface area contributed by atoms with Crippen LogP contribution in [0.5, 0.6) is 0 Å². The highest BCUT2D eigenvalue weighted by Gasteiger charge is 2.50. The second-order valence-electron chi connectivity index (χ2n) is 4.89. The van der Waals surface area contributed by atoms with Gasteiger partial charge in [-0.05, 0) is 12.8 Å². The molecule has 0 saturated carbocycles. The first-order valence-electron chi connectivity index (χ1n) is 5.46. The van der Waals surface area contributed by atoms with Gasteiger partial charge in [0, 0.05) is 6.42 Å². The number of carbonyl (C=O) groups is 2. The van der Waals surface area contributed by atoms with Gasteiger partial charge >= 0.3 is 0 Å². The van der Waals surface area contributed by atoms with Gasteiger partial charge in [0.1, 0.15) is 0 Å². The zero-order chi connectivity index (χ0) is 12.5. The lowest BCUT2D eigenvalue weighted by Crippen LogP contribution is -2.41. The van der Waals surface area contributed by atoms with Crippen molar-refractivity contribution in [3.8, 4) is 0 Å². The molecule has 0 aliphatic carbocycles. The van der Waals surface area contributed by atoms with Crippen LogP contribution < -0.4 is 0 Å². The van der Waals surface area contributed by atoms with Crippen molar-refractivity contribution in [1.82, 2.24) is 4.90 Å². The Morgan fingerprint density at radius 3 is 2.38 bits per heavy atom. The molecule has 1 saturated heterocycles. The third-order valence-electron chi connectivity index (χ3n) is 3.43. The summed E-state index contributed by atoms with van der Waals surface area (Å²) in [5, 5.41) is 18.0. The van der Waals surface area contributed by atoms with Crippen molar-refractivity contribution < 1.29 is 19.8 Å². The molecular weight excluding hydrogens is 210 g/mol. The number of hydrogen-bond acceptors (Lipinski definition) is 4. The zero-order valence-electron chi connectivity index (χ0n) is 9.93. The molecule has 2 unspecified atom stereocenters. The summed E-state index contributed by atoms with van der Waals surface area (Å²) in [4.78, 5) is 24.8. The topological polar surface area (TPSA) is 77.8 Å². The van der Waals surface area contributed by atoms with Crippen molar-refractivity contribution in [2.24, 2.45) is 11.3 Å². The lowest BCUT2D eigenvalue weighted by atomic mass is 9.78. The van der Waals surface area contributed by atoms with Crippen LogP contribution in [-0.2, 0) is 9.59 Å². The molecule has 2 N–H and O–H groups in total. The summed E-state index contributed by atoms with van der Waals surface area (Å²) in [6, 6.07) is 0. The minimum absolute atomic E-state index is 0.0696. The van der Waals surface area contributed by atoms with Crippen molar-refractivity contribution in [3.63, 3.8) is 0 Å². The van der Waals surface area contributed by atoms with Gasteiger partial charge in [0.15, 0.2) is 0 Å². The number of carbonyl (C=O) groups excluding carboxylic acids is 2. The van der Waals surface area contributed by atoms with E-state index >= 15 is 0 Å². The Kier molecular flexibility index (Phi) is 3.70. The quantitative estimate of drug-likeness (QED) is 0.652. The Bertz CT molecular complexity index is 302. The number of β-amino-alcohol motifs (C(OH)–C–C–N with tert-alkyl or cyclic N) is 1. The average Bonchev–Trinajstić information content (AvgIpc) is 2.43. The number of hydrogen-bond donors (Lipinski definition) is 2. The molecule has 16 heavy (non-hydrogen) atoms. The first kappa shape index (κ1) is 13.1. The van der Waals surface area contributed by atoms with Crippen molar-refractivity contribution in [2.45, 2.75) is 33.3 Å². The van der Waals surface area contributed by atoms with Crippen LogP contribution in [0.4, 0.5) is 0 Å². The van der Waals surface area contributed by atoms with Gasteiger partial charge in [-0.15, -0.1) is 0 Å². The van der Waals surface area contributed by atoms with Gasteiger partial charge < -0.3 is 10.2 Å². The maximum Gasteiger partial charge on any atom is 0.235 e. The van der Waals surface area contributed by atoms with E-state index in [1.807, 2.05) is 13.8 Å². The number of aliphatic hydroxyl groups excluding tert-OH is 2. The zero-order valence-corrected chi connectivity index (χ0v) is 9.93. The predicted octanol–water partition coefficient (Wildman–Crippen LogP) is -0.239. The molecule has 0 spiro atoms. The summed E-state index contributed by atoms with van der Waals surface area (Å²) in [5.41, 5.74) is -0.674. The van der Waals surface area contributed by atoms with Crippen LogP contribution in [0.1, 0.15) is 27.2 Å². The molecule has 0 aromatic rings. The molecule has 5 nitrogen and oxygen atoms in total. The molecule has 1 aliphatic rings. The van der Waals surface area contributed by atoms with Crippen molar-refractivity contribution in [3.05, 3.63) is 0 Å². The summed E-state index contributed by atoms with van der Waals surface area (Å²) in [5.74, 6) is -0.450. The van der Waals surface area contributed by atoms with E-state index in [1.165, 1.54) is 0 Å². The summed E-state index contributed by atoms with van der Waals surface area (Å²) in [6.07, 6.45) is -0.871. The van der Waals surface area contributed by atoms with Crippen molar-refractivity contribution >= 4 is 11.8 Å². The first-order chi connectivity index (χ1) is 7.32. The number of amides is 2. The van der Waals surface area contributed by atoms with Crippen LogP contribution in [0.25, 0.3) is 0 Å². The van der Waals surface area contributed by atoms with Crippen molar-refractivity contribution in [2.75, 3.05) is 13.2 Å². The fourth-order valence-electron chi connectivity index (χ4n) is 1.81. The molecule has 1 rings (SSSR count). The predicted molar refractivity (Wildman–Crippen MR) is 57.4 cm³/mol. The maximum atomic E-state index is 12.0. The smallest absolute Gasteiger partial charge is 0.235 e. The second kappa shape index (κ2) is 4.51. The highest BCUT2D eigenvalue weighted by atomic mass is 16.3. The normalized spacial score (nSPS) is 28.0. The minimum Gasteiger partial charge on any atom is -0.394 e. The van der Waals surface area contributed by atoms with Crippen molar-refractivity contribution in [1.29, 1.82) is 0 Å². The third kappa shape index (κ3) is 2.10. The maximum absolute atomic E-state index is 12.0. The third-order valence-corrected chi connectivity index (χ3v) is 3.43. The summed E-state index contributed by atoms with van der Waals surface area (Å²) >= 11 is 0. The Balaban J connectivity index is 2.83. The molecule has 2 amide bonds. The molecule has 1 fully saturated rings. The van der Waals surface area contributed by atoms with Crippen LogP contribution in [0.2, 0.25) is 0 Å². The molecule has 1 heterocycles. The number of rotatable bonds is 4. The largest absolute Gasteiger partial charge is 0.394 e. The van der Waals surface area contributed by atoms with E-state index in [1.54, 1.807) is 6.92 Å². The molecule has 5 heteroatoms. The monoisotopic (exact) mass is 229 g/mol. The van der Waals surface area contributed by atoms with E-state index in [0.29, 0.717) is 0 Å².